The topological polar surface area (TPSA) is 12.0 Å². The molecule has 0 bridgehead atoms. The summed E-state index contributed by atoms with van der Waals surface area (Å²) in [4.78, 5) is 1.22. The summed E-state index contributed by atoms with van der Waals surface area (Å²) in [7, 11) is 1.92. The van der Waals surface area contributed by atoms with Crippen LogP contribution in [0.1, 0.15) is 5.56 Å². The number of thioether (sulfide) groups is 1. The van der Waals surface area contributed by atoms with E-state index in [4.69, 9.17) is 0 Å². The molecule has 0 spiro atoms. The van der Waals surface area contributed by atoms with Gasteiger partial charge >= 0.3 is 0 Å². The van der Waals surface area contributed by atoms with Crippen LogP contribution >= 0.6 is 43.6 Å². The van der Waals surface area contributed by atoms with Crippen LogP contribution in [-0.4, -0.2) is 18.8 Å². The highest BCUT2D eigenvalue weighted by Gasteiger charge is 2.11. The second-order valence-electron chi connectivity index (χ2n) is 4.69. The van der Waals surface area contributed by atoms with E-state index in [2.05, 4.69) is 49.3 Å². The molecular formula is C16H16Br2FNS. The van der Waals surface area contributed by atoms with Crippen LogP contribution in [0.15, 0.2) is 56.3 Å². The summed E-state index contributed by atoms with van der Waals surface area (Å²) in [6, 6.07) is 13.7. The van der Waals surface area contributed by atoms with Crippen LogP contribution in [0.4, 0.5) is 4.39 Å². The minimum absolute atomic E-state index is 0.154. The smallest absolute Gasteiger partial charge is 0.127 e. The van der Waals surface area contributed by atoms with E-state index in [0.717, 1.165) is 20.3 Å². The summed E-state index contributed by atoms with van der Waals surface area (Å²) in [5, 5.41) is 3.27. The van der Waals surface area contributed by atoms with Crippen molar-refractivity contribution in [2.45, 2.75) is 17.4 Å². The maximum Gasteiger partial charge on any atom is 0.127 e. The number of hydrogen-bond acceptors (Lipinski definition) is 2. The molecule has 0 aliphatic carbocycles. The average molecular weight is 433 g/mol. The molecule has 0 fully saturated rings. The van der Waals surface area contributed by atoms with Gasteiger partial charge < -0.3 is 5.32 Å². The molecule has 2 aromatic rings. The van der Waals surface area contributed by atoms with Crippen molar-refractivity contribution in [1.29, 1.82) is 0 Å². The molecule has 0 saturated carbocycles. The fraction of sp³-hybridized carbons (Fsp3) is 0.250. The number of benzene rings is 2. The standard InChI is InChI=1S/C16H16Br2FNS/c1-20-14(8-11-2-3-13(18)9-16(11)19)10-21-15-6-4-12(17)5-7-15/h2-7,9,14,20H,8,10H2,1H3. The van der Waals surface area contributed by atoms with Crippen LogP contribution in [0.25, 0.3) is 0 Å². The summed E-state index contributed by atoms with van der Waals surface area (Å²) in [5.74, 6) is 0.742. The van der Waals surface area contributed by atoms with E-state index in [1.54, 1.807) is 11.8 Å². The summed E-state index contributed by atoms with van der Waals surface area (Å²) < 4.78 is 15.7. The van der Waals surface area contributed by atoms with Crippen molar-refractivity contribution >= 4 is 43.6 Å². The molecular weight excluding hydrogens is 417 g/mol. The van der Waals surface area contributed by atoms with E-state index in [-0.39, 0.29) is 11.9 Å². The van der Waals surface area contributed by atoms with E-state index in [1.807, 2.05) is 31.3 Å². The van der Waals surface area contributed by atoms with Gasteiger partial charge in [-0.2, -0.15) is 0 Å². The van der Waals surface area contributed by atoms with Gasteiger partial charge in [-0.1, -0.05) is 37.9 Å². The average Bonchev–Trinajstić information content (AvgIpc) is 2.47. The lowest BCUT2D eigenvalue weighted by atomic mass is 10.1. The Balaban J connectivity index is 1.95. The van der Waals surface area contributed by atoms with E-state index in [9.17, 15) is 4.39 Å². The van der Waals surface area contributed by atoms with Gasteiger partial charge in [-0.05, 0) is 55.4 Å². The van der Waals surface area contributed by atoms with Gasteiger partial charge in [-0.25, -0.2) is 4.39 Å². The fourth-order valence-electron chi connectivity index (χ4n) is 1.92. The predicted octanol–water partition coefficient (Wildman–Crippen LogP) is 5.27. The van der Waals surface area contributed by atoms with Gasteiger partial charge in [0.15, 0.2) is 0 Å². The number of rotatable bonds is 6. The maximum absolute atomic E-state index is 13.9. The second kappa shape index (κ2) is 8.32. The third-order valence-corrected chi connectivity index (χ3v) is 5.35. The van der Waals surface area contributed by atoms with Crippen molar-refractivity contribution in [3.05, 3.63) is 62.8 Å². The summed E-state index contributed by atoms with van der Waals surface area (Å²) in [6.07, 6.45) is 0.680. The van der Waals surface area contributed by atoms with Crippen molar-refractivity contribution in [3.8, 4) is 0 Å². The summed E-state index contributed by atoms with van der Waals surface area (Å²) >= 11 is 8.49. The molecule has 2 aromatic carbocycles. The zero-order valence-corrected chi connectivity index (χ0v) is 15.6. The first-order valence-electron chi connectivity index (χ1n) is 6.58. The van der Waals surface area contributed by atoms with Crippen molar-refractivity contribution in [1.82, 2.24) is 5.32 Å². The lowest BCUT2D eigenvalue weighted by Crippen LogP contribution is -2.30. The van der Waals surface area contributed by atoms with Crippen molar-refractivity contribution in [2.24, 2.45) is 0 Å². The number of halogens is 3. The first kappa shape index (κ1) is 17.0. The minimum Gasteiger partial charge on any atom is -0.316 e. The molecule has 0 aliphatic heterocycles. The molecule has 21 heavy (non-hydrogen) atoms. The third-order valence-electron chi connectivity index (χ3n) is 3.15. The Bertz CT molecular complexity index is 589. The van der Waals surface area contributed by atoms with Crippen LogP contribution in [0.3, 0.4) is 0 Å². The molecule has 0 aromatic heterocycles. The molecule has 0 saturated heterocycles. The molecule has 1 unspecified atom stereocenters. The Kier molecular flexibility index (Phi) is 6.74. The third kappa shape index (κ3) is 5.40. The van der Waals surface area contributed by atoms with Crippen molar-refractivity contribution in [3.63, 3.8) is 0 Å². The molecule has 0 aliphatic rings. The molecule has 0 radical (unpaired) electrons. The van der Waals surface area contributed by atoms with E-state index >= 15 is 0 Å². The van der Waals surface area contributed by atoms with Gasteiger partial charge in [0.1, 0.15) is 5.82 Å². The Morgan fingerprint density at radius 2 is 1.76 bits per heavy atom. The van der Waals surface area contributed by atoms with Crippen molar-refractivity contribution < 1.29 is 4.39 Å². The zero-order chi connectivity index (χ0) is 15.2. The zero-order valence-electron chi connectivity index (χ0n) is 11.6. The highest BCUT2D eigenvalue weighted by Crippen LogP contribution is 2.23. The van der Waals surface area contributed by atoms with Gasteiger partial charge in [0.2, 0.25) is 0 Å². The number of likely N-dealkylation sites (N-methyl/N-ethyl adjacent to an activating group) is 1. The van der Waals surface area contributed by atoms with Crippen LogP contribution in [0.5, 0.6) is 0 Å². The normalized spacial score (nSPS) is 12.4. The maximum atomic E-state index is 13.9. The monoisotopic (exact) mass is 431 g/mol. The Morgan fingerprint density at radius 1 is 1.10 bits per heavy atom. The molecule has 5 heteroatoms. The Hall–Kier alpha value is -0.360. The summed E-state index contributed by atoms with van der Waals surface area (Å²) in [5.41, 5.74) is 0.744. The molecule has 112 valence electrons. The van der Waals surface area contributed by atoms with Crippen LogP contribution in [0.2, 0.25) is 0 Å². The van der Waals surface area contributed by atoms with Gasteiger partial charge in [0.05, 0.1) is 0 Å². The van der Waals surface area contributed by atoms with Gasteiger partial charge in [0.25, 0.3) is 0 Å². The lowest BCUT2D eigenvalue weighted by Gasteiger charge is -2.16. The fourth-order valence-corrected chi connectivity index (χ4v) is 3.53. The summed E-state index contributed by atoms with van der Waals surface area (Å²) in [6.45, 7) is 0. The molecule has 1 nitrogen and oxygen atoms in total. The Labute approximate surface area is 146 Å². The van der Waals surface area contributed by atoms with Crippen LogP contribution < -0.4 is 5.32 Å². The first-order valence-corrected chi connectivity index (χ1v) is 9.15. The largest absolute Gasteiger partial charge is 0.316 e. The predicted molar refractivity (Wildman–Crippen MR) is 95.5 cm³/mol. The van der Waals surface area contributed by atoms with Crippen LogP contribution in [-0.2, 0) is 6.42 Å². The number of hydrogen-bond donors (Lipinski definition) is 1. The lowest BCUT2D eigenvalue weighted by molar-refractivity contribution is 0.568. The van der Waals surface area contributed by atoms with Crippen LogP contribution in [0, 0.1) is 5.82 Å². The SMILES string of the molecule is CNC(CSc1ccc(Br)cc1)Cc1ccc(Br)cc1F. The molecule has 1 atom stereocenters. The minimum atomic E-state index is -0.154. The van der Waals surface area contributed by atoms with E-state index in [0.29, 0.717) is 6.42 Å². The first-order chi connectivity index (χ1) is 10.1. The number of nitrogens with one attached hydrogen (secondary N) is 1. The van der Waals surface area contributed by atoms with Gasteiger partial charge in [0, 0.05) is 25.6 Å². The van der Waals surface area contributed by atoms with Gasteiger partial charge in [-0.15, -0.1) is 11.8 Å². The van der Waals surface area contributed by atoms with Gasteiger partial charge in [-0.3, -0.25) is 0 Å². The quantitative estimate of drug-likeness (QED) is 0.623. The highest BCUT2D eigenvalue weighted by atomic mass is 79.9. The van der Waals surface area contributed by atoms with Crippen molar-refractivity contribution in [2.75, 3.05) is 12.8 Å². The highest BCUT2D eigenvalue weighted by molar-refractivity contribution is 9.10. The molecule has 0 amide bonds. The second-order valence-corrected chi connectivity index (χ2v) is 7.62. The molecule has 0 heterocycles. The Morgan fingerprint density at radius 3 is 2.38 bits per heavy atom. The molecule has 1 N–H and O–H groups in total. The van der Waals surface area contributed by atoms with E-state index in [1.165, 1.54) is 11.0 Å². The van der Waals surface area contributed by atoms with E-state index < -0.39 is 0 Å². The molecule has 2 rings (SSSR count).